The topological polar surface area (TPSA) is 86.1 Å². The summed E-state index contributed by atoms with van der Waals surface area (Å²) in [5.74, 6) is -0.0352. The van der Waals surface area contributed by atoms with Gasteiger partial charge in [-0.3, -0.25) is 9.59 Å². The summed E-state index contributed by atoms with van der Waals surface area (Å²) in [5.41, 5.74) is 8.04. The molecular formula is C36H46N4O4. The van der Waals surface area contributed by atoms with Gasteiger partial charge >= 0.3 is 6.09 Å². The maximum atomic E-state index is 14.5. The van der Waals surface area contributed by atoms with Gasteiger partial charge in [0.25, 0.3) is 11.8 Å². The van der Waals surface area contributed by atoms with Crippen molar-refractivity contribution in [1.29, 1.82) is 0 Å². The van der Waals surface area contributed by atoms with Gasteiger partial charge in [-0.25, -0.2) is 4.79 Å². The van der Waals surface area contributed by atoms with Crippen molar-refractivity contribution in [1.82, 2.24) is 19.3 Å². The van der Waals surface area contributed by atoms with E-state index in [1.807, 2.05) is 52.6 Å². The van der Waals surface area contributed by atoms with E-state index >= 15 is 0 Å². The molecular weight excluding hydrogens is 552 g/mol. The number of unbranched alkanes of at least 4 members (excludes halogenated alkanes) is 2. The first kappa shape index (κ1) is 31.4. The Labute approximate surface area is 261 Å². The molecule has 44 heavy (non-hydrogen) atoms. The Kier molecular flexibility index (Phi) is 9.47. The maximum Gasteiger partial charge on any atom is 0.407 e. The molecule has 234 valence electrons. The second-order valence-electron chi connectivity index (χ2n) is 12.5. The number of hydrogen-bond donors (Lipinski definition) is 1. The second-order valence-corrected chi connectivity index (χ2v) is 12.5. The predicted octanol–water partition coefficient (Wildman–Crippen LogP) is 6.67. The molecule has 0 radical (unpaired) electrons. The zero-order valence-corrected chi connectivity index (χ0v) is 26.9. The number of benzene rings is 2. The minimum absolute atomic E-state index is 0.00905. The van der Waals surface area contributed by atoms with Crippen LogP contribution in [0.5, 0.6) is 0 Å². The average molecular weight is 599 g/mol. The molecule has 5 rings (SSSR count). The lowest BCUT2D eigenvalue weighted by Crippen LogP contribution is -2.43. The van der Waals surface area contributed by atoms with E-state index in [9.17, 15) is 19.5 Å². The summed E-state index contributed by atoms with van der Waals surface area (Å²) in [6, 6.07) is 14.2. The fraction of sp³-hybridized carbons (Fsp3) is 0.472. The molecule has 0 fully saturated rings. The summed E-state index contributed by atoms with van der Waals surface area (Å²) in [4.78, 5) is 45.6. The summed E-state index contributed by atoms with van der Waals surface area (Å²) in [7, 11) is 1.96. The second kappa shape index (κ2) is 13.3. The molecule has 8 heteroatoms. The van der Waals surface area contributed by atoms with E-state index < -0.39 is 6.09 Å². The summed E-state index contributed by atoms with van der Waals surface area (Å²) < 4.78 is 2.03. The van der Waals surface area contributed by atoms with Crippen molar-refractivity contribution in [2.45, 2.75) is 85.4 Å². The smallest absolute Gasteiger partial charge is 0.407 e. The lowest BCUT2D eigenvalue weighted by atomic mass is 9.90. The minimum Gasteiger partial charge on any atom is -0.465 e. The Hall–Kier alpha value is -4.07. The molecule has 0 bridgehead atoms. The van der Waals surface area contributed by atoms with Gasteiger partial charge < -0.3 is 24.4 Å². The van der Waals surface area contributed by atoms with E-state index in [-0.39, 0.29) is 24.4 Å². The first-order valence-corrected chi connectivity index (χ1v) is 16.1. The van der Waals surface area contributed by atoms with Crippen LogP contribution in [-0.4, -0.2) is 68.0 Å². The zero-order valence-electron chi connectivity index (χ0n) is 26.9. The minimum atomic E-state index is -0.953. The number of carbonyl (C=O) groups excluding carboxylic acids is 2. The number of nitrogens with zero attached hydrogens (tertiary/aromatic N) is 4. The third-order valence-electron chi connectivity index (χ3n) is 9.51. The molecule has 3 aromatic rings. The zero-order chi connectivity index (χ0) is 31.5. The van der Waals surface area contributed by atoms with E-state index in [0.717, 1.165) is 78.8 Å². The molecule has 1 atom stereocenters. The van der Waals surface area contributed by atoms with Crippen LogP contribution in [0.25, 0.3) is 11.3 Å². The molecule has 0 unspecified atom stereocenters. The van der Waals surface area contributed by atoms with Crippen LogP contribution in [-0.2, 0) is 33.0 Å². The normalized spacial score (nSPS) is 16.0. The van der Waals surface area contributed by atoms with Gasteiger partial charge in [0.1, 0.15) is 0 Å². The molecule has 0 aliphatic carbocycles. The summed E-state index contributed by atoms with van der Waals surface area (Å²) in [6.45, 7) is 11.0. The van der Waals surface area contributed by atoms with Crippen molar-refractivity contribution in [3.8, 4) is 11.3 Å². The number of hydrogen-bond acceptors (Lipinski definition) is 3. The largest absolute Gasteiger partial charge is 0.465 e. The van der Waals surface area contributed by atoms with Crippen molar-refractivity contribution in [2.75, 3.05) is 19.6 Å². The van der Waals surface area contributed by atoms with Crippen LogP contribution in [0, 0.1) is 6.92 Å². The summed E-state index contributed by atoms with van der Waals surface area (Å²) >= 11 is 0. The first-order valence-electron chi connectivity index (χ1n) is 16.1. The third-order valence-corrected chi connectivity index (χ3v) is 9.51. The standard InChI is InChI=1S/C36H46N4O4/c1-6-8-15-38(16-9-7-2)34(41)30-21-33(37(5)25(30)4)31-19-27-14-17-39(36(43)44)22-29(27)20-32(31)35(42)40-23-28-13-11-10-12-26(28)18-24(40)3/h10-13,19-21,24H,6-9,14-18,22-23H2,1-5H3,(H,43,44)/t24-/m1/s1. The molecule has 2 aliphatic rings. The van der Waals surface area contributed by atoms with Crippen LogP contribution < -0.4 is 0 Å². The lowest BCUT2D eigenvalue weighted by Gasteiger charge is -2.36. The highest BCUT2D eigenvalue weighted by Gasteiger charge is 2.32. The number of aromatic nitrogens is 1. The Morgan fingerprint density at radius 1 is 0.909 bits per heavy atom. The first-order chi connectivity index (χ1) is 21.1. The molecule has 1 N–H and O–H groups in total. The van der Waals surface area contributed by atoms with Crippen molar-refractivity contribution < 1.29 is 19.5 Å². The van der Waals surface area contributed by atoms with Gasteiger partial charge in [-0.05, 0) is 80.0 Å². The van der Waals surface area contributed by atoms with Gasteiger partial charge in [0.15, 0.2) is 0 Å². The van der Waals surface area contributed by atoms with Gasteiger partial charge in [-0.1, -0.05) is 51.0 Å². The molecule has 3 amide bonds. The van der Waals surface area contributed by atoms with Gasteiger partial charge in [-0.15, -0.1) is 0 Å². The maximum absolute atomic E-state index is 14.5. The van der Waals surface area contributed by atoms with Crippen molar-refractivity contribution >= 4 is 17.9 Å². The SMILES string of the molecule is CCCCN(CCCC)C(=O)c1cc(-c2cc3c(cc2C(=O)N2Cc4ccccc4C[C@H]2C)CN(C(=O)O)CC3)n(C)c1C. The van der Waals surface area contributed by atoms with E-state index in [4.69, 9.17) is 0 Å². The van der Waals surface area contributed by atoms with E-state index in [2.05, 4.69) is 39.0 Å². The number of carboxylic acid groups (broad SMARTS) is 1. The highest BCUT2D eigenvalue weighted by atomic mass is 16.4. The molecule has 1 aromatic heterocycles. The van der Waals surface area contributed by atoms with E-state index in [1.54, 1.807) is 0 Å². The van der Waals surface area contributed by atoms with E-state index in [1.165, 1.54) is 10.5 Å². The van der Waals surface area contributed by atoms with Crippen LogP contribution in [0.3, 0.4) is 0 Å². The fourth-order valence-corrected chi connectivity index (χ4v) is 6.62. The molecule has 0 spiro atoms. The predicted molar refractivity (Wildman–Crippen MR) is 173 cm³/mol. The Morgan fingerprint density at radius 3 is 2.25 bits per heavy atom. The highest BCUT2D eigenvalue weighted by molar-refractivity contribution is 6.03. The van der Waals surface area contributed by atoms with Gasteiger partial charge in [0.2, 0.25) is 0 Å². The fourth-order valence-electron chi connectivity index (χ4n) is 6.62. The van der Waals surface area contributed by atoms with Crippen LogP contribution >= 0.6 is 0 Å². The quantitative estimate of drug-likeness (QED) is 0.298. The molecule has 0 saturated carbocycles. The highest BCUT2D eigenvalue weighted by Crippen LogP contribution is 2.35. The number of fused-ring (bicyclic) bond motifs is 2. The van der Waals surface area contributed by atoms with Crippen LogP contribution in [0.2, 0.25) is 0 Å². The summed E-state index contributed by atoms with van der Waals surface area (Å²) in [6.07, 6.45) is 4.37. The number of rotatable bonds is 9. The third kappa shape index (κ3) is 6.12. The average Bonchev–Trinajstić information content (AvgIpc) is 3.32. The summed E-state index contributed by atoms with van der Waals surface area (Å²) in [5, 5.41) is 9.69. The molecule has 2 aromatic carbocycles. The molecule has 8 nitrogen and oxygen atoms in total. The monoisotopic (exact) mass is 598 g/mol. The van der Waals surface area contributed by atoms with Crippen molar-refractivity contribution in [2.24, 2.45) is 7.05 Å². The van der Waals surface area contributed by atoms with Gasteiger partial charge in [0, 0.05) is 68.3 Å². The Morgan fingerprint density at radius 2 is 1.59 bits per heavy atom. The lowest BCUT2D eigenvalue weighted by molar-refractivity contribution is 0.0658. The number of amides is 3. The van der Waals surface area contributed by atoms with E-state index in [0.29, 0.717) is 30.6 Å². The molecule has 0 saturated heterocycles. The molecule has 3 heterocycles. The van der Waals surface area contributed by atoms with Gasteiger partial charge in [0.05, 0.1) is 5.56 Å². The Balaban J connectivity index is 1.59. The van der Waals surface area contributed by atoms with Crippen molar-refractivity contribution in [3.63, 3.8) is 0 Å². The van der Waals surface area contributed by atoms with Gasteiger partial charge in [-0.2, -0.15) is 0 Å². The number of carbonyl (C=O) groups is 3. The van der Waals surface area contributed by atoms with Crippen LogP contribution in [0.1, 0.15) is 95.1 Å². The van der Waals surface area contributed by atoms with Crippen LogP contribution in [0.4, 0.5) is 4.79 Å². The molecule has 2 aliphatic heterocycles. The Bertz CT molecular complexity index is 1550. The van der Waals surface area contributed by atoms with Crippen molar-refractivity contribution in [3.05, 3.63) is 81.5 Å². The van der Waals surface area contributed by atoms with Crippen LogP contribution in [0.15, 0.2) is 42.5 Å².